The van der Waals surface area contributed by atoms with Crippen LogP contribution in [0.3, 0.4) is 0 Å². The quantitative estimate of drug-likeness (QED) is 0.884. The maximum absolute atomic E-state index is 6.19. The van der Waals surface area contributed by atoms with Crippen molar-refractivity contribution in [2.75, 3.05) is 20.3 Å². The molecule has 16 heavy (non-hydrogen) atoms. The molecule has 1 saturated heterocycles. The van der Waals surface area contributed by atoms with E-state index in [0.717, 1.165) is 30.9 Å². The van der Waals surface area contributed by atoms with Gasteiger partial charge in [-0.25, -0.2) is 0 Å². The monoisotopic (exact) mass is 241 g/mol. The van der Waals surface area contributed by atoms with Gasteiger partial charge in [0.05, 0.1) is 13.7 Å². The summed E-state index contributed by atoms with van der Waals surface area (Å²) < 4.78 is 10.4. The van der Waals surface area contributed by atoms with E-state index in [1.807, 2.05) is 12.1 Å². The van der Waals surface area contributed by atoms with Crippen molar-refractivity contribution < 1.29 is 9.47 Å². The van der Waals surface area contributed by atoms with Gasteiger partial charge in [0.15, 0.2) is 0 Å². The predicted octanol–water partition coefficient (Wildman–Crippen LogP) is 2.38. The average molecular weight is 242 g/mol. The van der Waals surface area contributed by atoms with E-state index in [1.54, 1.807) is 13.2 Å². The van der Waals surface area contributed by atoms with Crippen LogP contribution in [0, 0.1) is 5.92 Å². The number of methoxy groups -OCH3 is 1. The molecular formula is C12H16ClNO2. The summed E-state index contributed by atoms with van der Waals surface area (Å²) in [7, 11) is 1.62. The maximum atomic E-state index is 6.19. The van der Waals surface area contributed by atoms with Gasteiger partial charge in [0, 0.05) is 23.6 Å². The second kappa shape index (κ2) is 5.04. The third-order valence-corrected chi connectivity index (χ3v) is 3.37. The number of hydrogen-bond acceptors (Lipinski definition) is 3. The minimum absolute atomic E-state index is 0.0547. The lowest BCUT2D eigenvalue weighted by Gasteiger charge is -2.19. The fraction of sp³-hybridized carbons (Fsp3) is 0.500. The third kappa shape index (κ3) is 2.32. The van der Waals surface area contributed by atoms with Crippen molar-refractivity contribution >= 4 is 11.6 Å². The molecule has 3 nitrogen and oxygen atoms in total. The van der Waals surface area contributed by atoms with E-state index in [0.29, 0.717) is 10.9 Å². The maximum Gasteiger partial charge on any atom is 0.120 e. The van der Waals surface area contributed by atoms with Gasteiger partial charge in [0.1, 0.15) is 5.75 Å². The van der Waals surface area contributed by atoms with Gasteiger partial charge in [-0.05, 0) is 24.1 Å². The van der Waals surface area contributed by atoms with Gasteiger partial charge in [-0.1, -0.05) is 17.7 Å². The zero-order valence-electron chi connectivity index (χ0n) is 9.28. The standard InChI is InChI=1S/C12H16ClNO2/c1-15-9-2-3-10(11(13)6-9)12(14)8-4-5-16-7-8/h2-3,6,8,12H,4-5,7,14H2,1H3. The SMILES string of the molecule is COc1ccc(C(N)C2CCOC2)c(Cl)c1. The van der Waals surface area contributed by atoms with Gasteiger partial charge in [-0.2, -0.15) is 0 Å². The molecule has 0 radical (unpaired) electrons. The van der Waals surface area contributed by atoms with Crippen molar-refractivity contribution in [2.45, 2.75) is 12.5 Å². The normalized spacial score (nSPS) is 22.1. The van der Waals surface area contributed by atoms with Crippen molar-refractivity contribution in [3.8, 4) is 5.75 Å². The van der Waals surface area contributed by atoms with Crippen molar-refractivity contribution in [3.63, 3.8) is 0 Å². The van der Waals surface area contributed by atoms with Crippen molar-refractivity contribution in [1.82, 2.24) is 0 Å². The van der Waals surface area contributed by atoms with E-state index >= 15 is 0 Å². The minimum Gasteiger partial charge on any atom is -0.497 e. The molecule has 1 heterocycles. The number of halogens is 1. The lowest BCUT2D eigenvalue weighted by Crippen LogP contribution is -2.21. The summed E-state index contributed by atoms with van der Waals surface area (Å²) in [6.07, 6.45) is 1.00. The summed E-state index contributed by atoms with van der Waals surface area (Å²) >= 11 is 6.18. The second-order valence-electron chi connectivity index (χ2n) is 4.04. The molecule has 0 amide bonds. The molecule has 0 aromatic heterocycles. The summed E-state index contributed by atoms with van der Waals surface area (Å²) in [4.78, 5) is 0. The minimum atomic E-state index is -0.0547. The third-order valence-electron chi connectivity index (χ3n) is 3.04. The molecule has 2 atom stereocenters. The average Bonchev–Trinajstić information content (AvgIpc) is 2.81. The highest BCUT2D eigenvalue weighted by Crippen LogP contribution is 2.32. The van der Waals surface area contributed by atoms with Crippen molar-refractivity contribution in [1.29, 1.82) is 0 Å². The Morgan fingerprint density at radius 3 is 2.94 bits per heavy atom. The Morgan fingerprint density at radius 2 is 2.38 bits per heavy atom. The highest BCUT2D eigenvalue weighted by molar-refractivity contribution is 6.31. The van der Waals surface area contributed by atoms with Gasteiger partial charge in [0.25, 0.3) is 0 Å². The van der Waals surface area contributed by atoms with Crippen LogP contribution in [0.1, 0.15) is 18.0 Å². The van der Waals surface area contributed by atoms with Crippen molar-refractivity contribution in [2.24, 2.45) is 11.7 Å². The summed E-state index contributed by atoms with van der Waals surface area (Å²) in [5.74, 6) is 1.12. The molecule has 0 bridgehead atoms. The van der Waals surface area contributed by atoms with Crippen LogP contribution in [0.5, 0.6) is 5.75 Å². The van der Waals surface area contributed by atoms with E-state index < -0.39 is 0 Å². The number of nitrogens with two attached hydrogens (primary N) is 1. The molecule has 2 rings (SSSR count). The predicted molar refractivity (Wildman–Crippen MR) is 63.9 cm³/mol. The molecule has 0 spiro atoms. The van der Waals surface area contributed by atoms with E-state index in [2.05, 4.69) is 0 Å². The zero-order valence-corrected chi connectivity index (χ0v) is 10.0. The molecular weight excluding hydrogens is 226 g/mol. The number of rotatable bonds is 3. The van der Waals surface area contributed by atoms with Crippen LogP contribution in [0.15, 0.2) is 18.2 Å². The Morgan fingerprint density at radius 1 is 1.56 bits per heavy atom. The summed E-state index contributed by atoms with van der Waals surface area (Å²) in [5, 5.41) is 0.666. The Labute approximate surface area is 100 Å². The van der Waals surface area contributed by atoms with Crippen LogP contribution < -0.4 is 10.5 Å². The lowest BCUT2D eigenvalue weighted by molar-refractivity contribution is 0.181. The van der Waals surface area contributed by atoms with Gasteiger partial charge in [-0.3, -0.25) is 0 Å². The molecule has 0 aliphatic carbocycles. The molecule has 2 N–H and O–H groups in total. The Balaban J connectivity index is 2.19. The first-order valence-electron chi connectivity index (χ1n) is 5.39. The van der Waals surface area contributed by atoms with Crippen LogP contribution in [-0.4, -0.2) is 20.3 Å². The van der Waals surface area contributed by atoms with Gasteiger partial charge in [0.2, 0.25) is 0 Å². The van der Waals surface area contributed by atoms with Crippen LogP contribution in [-0.2, 0) is 4.74 Å². The van der Waals surface area contributed by atoms with Gasteiger partial charge < -0.3 is 15.2 Å². The Bertz CT molecular complexity index is 364. The second-order valence-corrected chi connectivity index (χ2v) is 4.44. The first kappa shape index (κ1) is 11.7. The number of ether oxygens (including phenoxy) is 2. The van der Waals surface area contributed by atoms with Crippen LogP contribution >= 0.6 is 11.6 Å². The van der Waals surface area contributed by atoms with E-state index in [1.165, 1.54) is 0 Å². The molecule has 1 aliphatic rings. The van der Waals surface area contributed by atoms with E-state index in [-0.39, 0.29) is 6.04 Å². The summed E-state index contributed by atoms with van der Waals surface area (Å²) in [6, 6.07) is 5.56. The van der Waals surface area contributed by atoms with Crippen LogP contribution in [0.2, 0.25) is 5.02 Å². The topological polar surface area (TPSA) is 44.5 Å². The van der Waals surface area contributed by atoms with Crippen LogP contribution in [0.4, 0.5) is 0 Å². The first-order chi connectivity index (χ1) is 7.72. The molecule has 0 saturated carbocycles. The highest BCUT2D eigenvalue weighted by atomic mass is 35.5. The van der Waals surface area contributed by atoms with Gasteiger partial charge in [-0.15, -0.1) is 0 Å². The number of benzene rings is 1. The fourth-order valence-corrected chi connectivity index (χ4v) is 2.29. The first-order valence-corrected chi connectivity index (χ1v) is 5.77. The van der Waals surface area contributed by atoms with E-state index in [9.17, 15) is 0 Å². The largest absolute Gasteiger partial charge is 0.497 e. The van der Waals surface area contributed by atoms with Gasteiger partial charge >= 0.3 is 0 Å². The molecule has 88 valence electrons. The summed E-state index contributed by atoms with van der Waals surface area (Å²) in [6.45, 7) is 1.52. The molecule has 1 aliphatic heterocycles. The van der Waals surface area contributed by atoms with Crippen LogP contribution in [0.25, 0.3) is 0 Å². The fourth-order valence-electron chi connectivity index (χ4n) is 2.00. The lowest BCUT2D eigenvalue weighted by atomic mass is 9.93. The molecule has 1 aromatic carbocycles. The highest BCUT2D eigenvalue weighted by Gasteiger charge is 2.25. The van der Waals surface area contributed by atoms with Crippen molar-refractivity contribution in [3.05, 3.63) is 28.8 Å². The zero-order chi connectivity index (χ0) is 11.5. The summed E-state index contributed by atoms with van der Waals surface area (Å²) in [5.41, 5.74) is 7.16. The number of hydrogen-bond donors (Lipinski definition) is 1. The Kier molecular flexibility index (Phi) is 3.69. The Hall–Kier alpha value is -0.770. The van der Waals surface area contributed by atoms with E-state index in [4.69, 9.17) is 26.8 Å². The molecule has 1 aromatic rings. The molecule has 1 fully saturated rings. The molecule has 4 heteroatoms. The molecule has 2 unspecified atom stereocenters. The smallest absolute Gasteiger partial charge is 0.120 e.